The summed E-state index contributed by atoms with van der Waals surface area (Å²) in [6, 6.07) is -4.29. The van der Waals surface area contributed by atoms with E-state index >= 15 is 0 Å². The number of aliphatic hydroxyl groups excluding tert-OH is 8. The highest BCUT2D eigenvalue weighted by molar-refractivity contribution is 5.74. The molecule has 3 fully saturated rings. The Morgan fingerprint density at radius 2 is 1.24 bits per heavy atom. The fraction of sp³-hybridized carbons (Fsp3) is 0.857. The van der Waals surface area contributed by atoms with E-state index in [2.05, 4.69) is 16.0 Å². The number of carbonyl (C=O) groups excluding carboxylic acids is 4. The number of aliphatic hydroxyl groups is 8. The predicted octanol–water partition coefficient (Wildman–Crippen LogP) is -7.17. The van der Waals surface area contributed by atoms with Gasteiger partial charge in [-0.05, 0) is 6.92 Å². The maximum absolute atomic E-state index is 12.3. The maximum Gasteiger partial charge on any atom is 0.217 e. The standard InChI is InChI=1S/C28H47N3O18/c1-9-19(39)23(43)25(49-26-17(30-11(3)37)22(42)20(40)15(7-34)46-26)28(44-9)48-24-18(31-12(4)38)27(47-16(8-35)21(24)41)45-14(6-33)13(5-32)29-10(2)36/h6,9,13-28,32,34-35,39-43H,5,7-8H2,1-4H3,(H,29,36)(H,30,37)(H,31,38). The zero-order valence-corrected chi connectivity index (χ0v) is 27.2. The summed E-state index contributed by atoms with van der Waals surface area (Å²) in [6.45, 7) is 2.27. The van der Waals surface area contributed by atoms with Crippen molar-refractivity contribution in [1.82, 2.24) is 16.0 Å². The first-order chi connectivity index (χ1) is 23.1. The lowest BCUT2D eigenvalue weighted by Gasteiger charge is -2.49. The molecule has 21 nitrogen and oxygen atoms in total. The Hall–Kier alpha value is -2.48. The molecule has 0 radical (unpaired) electrons. The second-order valence-electron chi connectivity index (χ2n) is 12.0. The van der Waals surface area contributed by atoms with Crippen LogP contribution in [0.25, 0.3) is 0 Å². The lowest BCUT2D eigenvalue weighted by Crippen LogP contribution is -2.70. The Kier molecular flexibility index (Phi) is 15.2. The van der Waals surface area contributed by atoms with Gasteiger partial charge in [0.2, 0.25) is 17.7 Å². The molecular weight excluding hydrogens is 666 g/mol. The summed E-state index contributed by atoms with van der Waals surface area (Å²) in [5.41, 5.74) is 0. The van der Waals surface area contributed by atoms with E-state index in [1.54, 1.807) is 0 Å². The van der Waals surface area contributed by atoms with Gasteiger partial charge in [-0.3, -0.25) is 14.4 Å². The lowest BCUT2D eigenvalue weighted by atomic mass is 9.94. The Morgan fingerprint density at radius 3 is 1.78 bits per heavy atom. The highest BCUT2D eigenvalue weighted by atomic mass is 16.8. The minimum Gasteiger partial charge on any atom is -0.394 e. The zero-order chi connectivity index (χ0) is 36.7. The van der Waals surface area contributed by atoms with E-state index in [1.165, 1.54) is 6.92 Å². The molecule has 0 saturated carbocycles. The number of carbonyl (C=O) groups is 4. The first-order valence-corrected chi connectivity index (χ1v) is 15.5. The zero-order valence-electron chi connectivity index (χ0n) is 27.2. The smallest absolute Gasteiger partial charge is 0.217 e. The van der Waals surface area contributed by atoms with Crippen LogP contribution in [0.2, 0.25) is 0 Å². The van der Waals surface area contributed by atoms with Gasteiger partial charge in [0.15, 0.2) is 25.2 Å². The van der Waals surface area contributed by atoms with E-state index in [9.17, 15) is 60.0 Å². The number of aldehydes is 1. The van der Waals surface area contributed by atoms with Crippen molar-refractivity contribution < 1.29 is 88.5 Å². The van der Waals surface area contributed by atoms with Gasteiger partial charge in [-0.15, -0.1) is 0 Å². The second kappa shape index (κ2) is 18.1. The SMILES string of the molecule is CC(=O)NC(CO)C(C=O)OC1OC(CO)C(O)C(OC2OC(C)C(O)C(O)C2OC2OC(CO)C(O)C(O)C2NC(C)=O)C1NC(C)=O. The van der Waals surface area contributed by atoms with Gasteiger partial charge >= 0.3 is 0 Å². The Labute approximate surface area is 280 Å². The van der Waals surface area contributed by atoms with Crippen LogP contribution in [-0.4, -0.2) is 189 Å². The monoisotopic (exact) mass is 713 g/mol. The molecule has 49 heavy (non-hydrogen) atoms. The Bertz CT molecular complexity index is 1120. The average molecular weight is 714 g/mol. The van der Waals surface area contributed by atoms with Gasteiger partial charge in [-0.1, -0.05) is 0 Å². The molecular formula is C28H47N3O18. The van der Waals surface area contributed by atoms with Crippen LogP contribution in [0.15, 0.2) is 0 Å². The van der Waals surface area contributed by atoms with E-state index < -0.39 is 142 Å². The van der Waals surface area contributed by atoms with E-state index in [1.807, 2.05) is 0 Å². The molecule has 0 spiro atoms. The van der Waals surface area contributed by atoms with E-state index in [0.717, 1.165) is 20.8 Å². The molecule has 21 heteroatoms. The van der Waals surface area contributed by atoms with Crippen molar-refractivity contribution in [3.63, 3.8) is 0 Å². The number of hydrogen-bond donors (Lipinski definition) is 11. The fourth-order valence-corrected chi connectivity index (χ4v) is 5.76. The van der Waals surface area contributed by atoms with Crippen molar-refractivity contribution in [1.29, 1.82) is 0 Å². The van der Waals surface area contributed by atoms with E-state index in [-0.39, 0.29) is 6.29 Å². The van der Waals surface area contributed by atoms with Gasteiger partial charge in [0.05, 0.1) is 32.0 Å². The fourth-order valence-electron chi connectivity index (χ4n) is 5.76. The van der Waals surface area contributed by atoms with Gasteiger partial charge in [0, 0.05) is 20.8 Å². The summed E-state index contributed by atoms with van der Waals surface area (Å²) in [7, 11) is 0. The highest BCUT2D eigenvalue weighted by Crippen LogP contribution is 2.33. The topological polar surface area (TPSA) is 322 Å². The third kappa shape index (κ3) is 9.86. The molecule has 3 heterocycles. The average Bonchev–Trinajstić information content (AvgIpc) is 3.04. The van der Waals surface area contributed by atoms with E-state index in [0.29, 0.717) is 0 Å². The third-order valence-electron chi connectivity index (χ3n) is 8.25. The van der Waals surface area contributed by atoms with Crippen molar-refractivity contribution in [2.45, 2.75) is 132 Å². The normalized spacial score (nSPS) is 40.9. The summed E-state index contributed by atoms with van der Waals surface area (Å²) in [4.78, 5) is 47.9. The largest absolute Gasteiger partial charge is 0.394 e. The molecule has 0 aliphatic carbocycles. The van der Waals surface area contributed by atoms with Crippen LogP contribution in [0.1, 0.15) is 27.7 Å². The summed E-state index contributed by atoms with van der Waals surface area (Å²) in [5, 5.41) is 90.8. The van der Waals surface area contributed by atoms with Gasteiger partial charge < -0.3 is 90.0 Å². The first-order valence-electron chi connectivity index (χ1n) is 15.5. The van der Waals surface area contributed by atoms with Crippen LogP contribution >= 0.6 is 0 Å². The molecule has 0 aromatic heterocycles. The van der Waals surface area contributed by atoms with Crippen molar-refractivity contribution >= 4 is 24.0 Å². The van der Waals surface area contributed by atoms with Crippen LogP contribution in [0.3, 0.4) is 0 Å². The highest BCUT2D eigenvalue weighted by Gasteiger charge is 2.54. The van der Waals surface area contributed by atoms with Crippen molar-refractivity contribution in [2.24, 2.45) is 0 Å². The molecule has 3 aliphatic heterocycles. The van der Waals surface area contributed by atoms with Crippen LogP contribution < -0.4 is 16.0 Å². The molecule has 17 unspecified atom stereocenters. The molecule has 3 aliphatic rings. The molecule has 0 aromatic rings. The number of nitrogens with one attached hydrogen (secondary N) is 3. The maximum atomic E-state index is 12.3. The van der Waals surface area contributed by atoms with Crippen LogP contribution in [0, 0.1) is 0 Å². The quantitative estimate of drug-likeness (QED) is 0.0745. The summed E-state index contributed by atoms with van der Waals surface area (Å²) in [6.07, 6.45) is -22.7. The summed E-state index contributed by atoms with van der Waals surface area (Å²) in [5.74, 6) is -2.02. The van der Waals surface area contributed by atoms with Crippen LogP contribution in [0.5, 0.6) is 0 Å². The second-order valence-corrected chi connectivity index (χ2v) is 12.0. The van der Waals surface area contributed by atoms with Gasteiger partial charge in [-0.25, -0.2) is 0 Å². The first kappa shape index (κ1) is 40.9. The lowest BCUT2D eigenvalue weighted by molar-refractivity contribution is -0.372. The number of amides is 3. The third-order valence-corrected chi connectivity index (χ3v) is 8.25. The Morgan fingerprint density at radius 1 is 0.694 bits per heavy atom. The summed E-state index contributed by atoms with van der Waals surface area (Å²) < 4.78 is 34.7. The van der Waals surface area contributed by atoms with Gasteiger partial charge in [-0.2, -0.15) is 0 Å². The van der Waals surface area contributed by atoms with E-state index in [4.69, 9.17) is 28.4 Å². The van der Waals surface area contributed by atoms with Crippen LogP contribution in [-0.2, 0) is 47.6 Å². The van der Waals surface area contributed by atoms with Crippen molar-refractivity contribution in [2.75, 3.05) is 19.8 Å². The minimum absolute atomic E-state index is 0.244. The van der Waals surface area contributed by atoms with Gasteiger partial charge in [0.1, 0.15) is 73.1 Å². The molecule has 17 atom stereocenters. The van der Waals surface area contributed by atoms with Gasteiger partial charge in [0.25, 0.3) is 0 Å². The molecule has 3 saturated heterocycles. The molecule has 3 rings (SSSR count). The molecule has 0 bridgehead atoms. The number of rotatable bonds is 14. The van der Waals surface area contributed by atoms with Crippen molar-refractivity contribution in [3.8, 4) is 0 Å². The Balaban J connectivity index is 2.00. The van der Waals surface area contributed by atoms with Crippen LogP contribution in [0.4, 0.5) is 0 Å². The molecule has 0 aromatic carbocycles. The number of ether oxygens (including phenoxy) is 6. The number of hydrogen-bond acceptors (Lipinski definition) is 18. The molecule has 3 amide bonds. The van der Waals surface area contributed by atoms with Crippen molar-refractivity contribution in [3.05, 3.63) is 0 Å². The molecule has 282 valence electrons. The summed E-state index contributed by atoms with van der Waals surface area (Å²) >= 11 is 0. The molecule has 11 N–H and O–H groups in total. The minimum atomic E-state index is -1.84. The predicted molar refractivity (Wildman–Crippen MR) is 156 cm³/mol.